The highest BCUT2D eigenvalue weighted by Gasteiger charge is 2.35. The normalized spacial score (nSPS) is 19.1. The van der Waals surface area contributed by atoms with E-state index in [0.717, 1.165) is 5.69 Å². The number of halogens is 2. The van der Waals surface area contributed by atoms with Crippen LogP contribution in [-0.2, 0) is 0 Å². The number of benzene rings is 1. The van der Waals surface area contributed by atoms with Gasteiger partial charge in [-0.3, -0.25) is 0 Å². The Balaban J connectivity index is 2.21. The minimum atomic E-state index is -2.59. The van der Waals surface area contributed by atoms with Crippen LogP contribution in [0, 0.1) is 0 Å². The number of rotatable bonds is 3. The SMILES string of the molecule is CCOc1ccccc1N1CCCC(F)(F)C1. The standard InChI is InChI=1S/C13H17F2NO/c1-2-17-12-7-4-3-6-11(12)16-9-5-8-13(14,15)10-16/h3-4,6-7H,2,5,8-10H2,1H3. The van der Waals surface area contributed by atoms with Gasteiger partial charge in [-0.1, -0.05) is 12.1 Å². The minimum Gasteiger partial charge on any atom is -0.492 e. The highest BCUT2D eigenvalue weighted by atomic mass is 19.3. The predicted octanol–water partition coefficient (Wildman–Crippen LogP) is 3.32. The summed E-state index contributed by atoms with van der Waals surface area (Å²) in [6, 6.07) is 7.37. The van der Waals surface area contributed by atoms with Gasteiger partial charge in [0, 0.05) is 13.0 Å². The van der Waals surface area contributed by atoms with Gasteiger partial charge in [0.25, 0.3) is 5.92 Å². The maximum Gasteiger partial charge on any atom is 0.265 e. The Bertz CT molecular complexity index is 381. The molecule has 1 aromatic rings. The average molecular weight is 241 g/mol. The van der Waals surface area contributed by atoms with Crippen LogP contribution in [0.15, 0.2) is 24.3 Å². The highest BCUT2D eigenvalue weighted by molar-refractivity contribution is 5.58. The lowest BCUT2D eigenvalue weighted by atomic mass is 10.1. The van der Waals surface area contributed by atoms with Crippen molar-refractivity contribution in [3.63, 3.8) is 0 Å². The van der Waals surface area contributed by atoms with Crippen molar-refractivity contribution in [1.82, 2.24) is 0 Å². The molecule has 2 nitrogen and oxygen atoms in total. The van der Waals surface area contributed by atoms with Gasteiger partial charge in [0.05, 0.1) is 18.8 Å². The Morgan fingerprint density at radius 3 is 2.82 bits per heavy atom. The zero-order chi connectivity index (χ0) is 12.3. The molecule has 0 atom stereocenters. The molecule has 0 spiro atoms. The van der Waals surface area contributed by atoms with Crippen molar-refractivity contribution in [2.75, 3.05) is 24.6 Å². The lowest BCUT2D eigenvalue weighted by Crippen LogP contribution is -2.42. The fourth-order valence-corrected chi connectivity index (χ4v) is 2.17. The highest BCUT2D eigenvalue weighted by Crippen LogP contribution is 2.34. The molecule has 1 aliphatic heterocycles. The molecule has 1 aromatic carbocycles. The van der Waals surface area contributed by atoms with Gasteiger partial charge in [-0.2, -0.15) is 0 Å². The fraction of sp³-hybridized carbons (Fsp3) is 0.538. The van der Waals surface area contributed by atoms with Crippen molar-refractivity contribution in [1.29, 1.82) is 0 Å². The third-order valence-corrected chi connectivity index (χ3v) is 2.90. The molecule has 0 aromatic heterocycles. The fourth-order valence-electron chi connectivity index (χ4n) is 2.17. The van der Waals surface area contributed by atoms with Crippen LogP contribution in [-0.4, -0.2) is 25.6 Å². The van der Waals surface area contributed by atoms with Gasteiger partial charge in [-0.15, -0.1) is 0 Å². The zero-order valence-corrected chi connectivity index (χ0v) is 9.96. The van der Waals surface area contributed by atoms with Gasteiger partial charge in [0.1, 0.15) is 5.75 Å². The molecular weight excluding hydrogens is 224 g/mol. The number of anilines is 1. The summed E-state index contributed by atoms with van der Waals surface area (Å²) >= 11 is 0. The first kappa shape index (κ1) is 12.1. The number of hydrogen-bond acceptors (Lipinski definition) is 2. The van der Waals surface area contributed by atoms with E-state index in [1.165, 1.54) is 0 Å². The van der Waals surface area contributed by atoms with Crippen molar-refractivity contribution >= 4 is 5.69 Å². The molecule has 0 aliphatic carbocycles. The molecule has 1 fully saturated rings. The van der Waals surface area contributed by atoms with Crippen molar-refractivity contribution in [3.05, 3.63) is 24.3 Å². The molecule has 0 amide bonds. The van der Waals surface area contributed by atoms with E-state index in [-0.39, 0.29) is 13.0 Å². The molecule has 0 saturated carbocycles. The number of ether oxygens (including phenoxy) is 1. The molecule has 4 heteroatoms. The lowest BCUT2D eigenvalue weighted by molar-refractivity contribution is -0.0117. The van der Waals surface area contributed by atoms with Crippen LogP contribution < -0.4 is 9.64 Å². The predicted molar refractivity (Wildman–Crippen MR) is 64.0 cm³/mol. The molecule has 1 heterocycles. The average Bonchev–Trinajstić information content (AvgIpc) is 2.29. The Labute approximate surface area is 100 Å². The molecule has 0 radical (unpaired) electrons. The number of para-hydroxylation sites is 2. The summed E-state index contributed by atoms with van der Waals surface area (Å²) < 4.78 is 32.2. The van der Waals surface area contributed by atoms with E-state index < -0.39 is 5.92 Å². The summed E-state index contributed by atoms with van der Waals surface area (Å²) in [5, 5.41) is 0. The first-order chi connectivity index (χ1) is 8.12. The molecule has 0 bridgehead atoms. The van der Waals surface area contributed by atoms with Crippen molar-refractivity contribution < 1.29 is 13.5 Å². The first-order valence-corrected chi connectivity index (χ1v) is 5.97. The zero-order valence-electron chi connectivity index (χ0n) is 9.96. The van der Waals surface area contributed by atoms with Crippen molar-refractivity contribution in [2.24, 2.45) is 0 Å². The molecule has 94 valence electrons. The van der Waals surface area contributed by atoms with Gasteiger partial charge in [0.2, 0.25) is 0 Å². The molecule has 0 unspecified atom stereocenters. The topological polar surface area (TPSA) is 12.5 Å². The monoisotopic (exact) mass is 241 g/mol. The van der Waals surface area contributed by atoms with E-state index in [1.54, 1.807) is 4.90 Å². The van der Waals surface area contributed by atoms with Gasteiger partial charge >= 0.3 is 0 Å². The summed E-state index contributed by atoms with van der Waals surface area (Å²) in [7, 11) is 0. The largest absolute Gasteiger partial charge is 0.492 e. The van der Waals surface area contributed by atoms with Crippen LogP contribution in [0.4, 0.5) is 14.5 Å². The van der Waals surface area contributed by atoms with Gasteiger partial charge in [-0.25, -0.2) is 8.78 Å². The van der Waals surface area contributed by atoms with Crippen molar-refractivity contribution in [3.8, 4) is 5.75 Å². The van der Waals surface area contributed by atoms with Crippen molar-refractivity contribution in [2.45, 2.75) is 25.7 Å². The van der Waals surface area contributed by atoms with E-state index >= 15 is 0 Å². The van der Waals surface area contributed by atoms with Crippen LogP contribution in [0.25, 0.3) is 0 Å². The maximum absolute atomic E-state index is 13.4. The number of hydrogen-bond donors (Lipinski definition) is 0. The summed E-state index contributed by atoms with van der Waals surface area (Å²) in [5.41, 5.74) is 0.772. The Kier molecular flexibility index (Phi) is 3.50. The second-order valence-corrected chi connectivity index (χ2v) is 4.28. The second-order valence-electron chi connectivity index (χ2n) is 4.28. The quantitative estimate of drug-likeness (QED) is 0.805. The van der Waals surface area contributed by atoms with E-state index in [4.69, 9.17) is 4.74 Å². The van der Waals surface area contributed by atoms with E-state index in [9.17, 15) is 8.78 Å². The third-order valence-electron chi connectivity index (χ3n) is 2.90. The molecule has 17 heavy (non-hydrogen) atoms. The smallest absolute Gasteiger partial charge is 0.265 e. The van der Waals surface area contributed by atoms with Gasteiger partial charge in [0.15, 0.2) is 0 Å². The minimum absolute atomic E-state index is 0.0136. The van der Waals surface area contributed by atoms with Gasteiger partial charge < -0.3 is 9.64 Å². The molecule has 1 aliphatic rings. The van der Waals surface area contributed by atoms with Crippen LogP contribution in [0.5, 0.6) is 5.75 Å². The molecular formula is C13H17F2NO. The summed E-state index contributed by atoms with van der Waals surface area (Å²) in [5.74, 6) is -1.90. The Hall–Kier alpha value is -1.32. The summed E-state index contributed by atoms with van der Waals surface area (Å²) in [6.45, 7) is 2.89. The van der Waals surface area contributed by atoms with Gasteiger partial charge in [-0.05, 0) is 25.5 Å². The number of alkyl halides is 2. The Morgan fingerprint density at radius 2 is 2.12 bits per heavy atom. The summed E-state index contributed by atoms with van der Waals surface area (Å²) in [6.07, 6.45) is 0.508. The second kappa shape index (κ2) is 4.90. The Morgan fingerprint density at radius 1 is 1.35 bits per heavy atom. The van der Waals surface area contributed by atoms with E-state index in [0.29, 0.717) is 25.3 Å². The number of piperidine rings is 1. The van der Waals surface area contributed by atoms with Crippen LogP contribution >= 0.6 is 0 Å². The summed E-state index contributed by atoms with van der Waals surface area (Å²) in [4.78, 5) is 1.72. The van der Waals surface area contributed by atoms with Crippen LogP contribution in [0.1, 0.15) is 19.8 Å². The molecule has 1 saturated heterocycles. The van der Waals surface area contributed by atoms with E-state index in [1.807, 2.05) is 31.2 Å². The van der Waals surface area contributed by atoms with E-state index in [2.05, 4.69) is 0 Å². The third kappa shape index (κ3) is 2.87. The molecule has 2 rings (SSSR count). The molecule has 0 N–H and O–H groups in total. The lowest BCUT2D eigenvalue weighted by Gasteiger charge is -2.34. The first-order valence-electron chi connectivity index (χ1n) is 5.97. The van der Waals surface area contributed by atoms with Crippen LogP contribution in [0.3, 0.4) is 0 Å². The maximum atomic E-state index is 13.4. The number of nitrogens with zero attached hydrogens (tertiary/aromatic N) is 1. The van der Waals surface area contributed by atoms with Crippen LogP contribution in [0.2, 0.25) is 0 Å².